The van der Waals surface area contributed by atoms with Crippen LogP contribution in [0.3, 0.4) is 0 Å². The Morgan fingerprint density at radius 2 is 1.57 bits per heavy atom. The Bertz CT molecular complexity index is 806. The molecule has 0 unspecified atom stereocenters. The van der Waals surface area contributed by atoms with Gasteiger partial charge in [0.15, 0.2) is 5.78 Å². The SMILES string of the molecule is Cc1cc(C)c(S(=O)(=O)O)c(C)c1C(=O)c1ccccc1. The van der Waals surface area contributed by atoms with Crippen LogP contribution in [0.2, 0.25) is 0 Å². The number of carbonyl (C=O) groups excluding carboxylic acids is 1. The Hall–Kier alpha value is -1.98. The zero-order valence-corrected chi connectivity index (χ0v) is 12.9. The average molecular weight is 304 g/mol. The zero-order valence-electron chi connectivity index (χ0n) is 12.0. The molecule has 110 valence electrons. The van der Waals surface area contributed by atoms with E-state index in [-0.39, 0.29) is 16.2 Å². The number of ketones is 1. The molecule has 0 heterocycles. The Kier molecular flexibility index (Phi) is 3.98. The van der Waals surface area contributed by atoms with E-state index in [9.17, 15) is 17.8 Å². The molecule has 0 saturated heterocycles. The summed E-state index contributed by atoms with van der Waals surface area (Å²) in [4.78, 5) is 12.4. The van der Waals surface area contributed by atoms with Crippen molar-refractivity contribution in [3.63, 3.8) is 0 Å². The monoisotopic (exact) mass is 304 g/mol. The third-order valence-corrected chi connectivity index (χ3v) is 4.57. The van der Waals surface area contributed by atoms with E-state index < -0.39 is 10.1 Å². The van der Waals surface area contributed by atoms with Gasteiger partial charge in [0, 0.05) is 11.1 Å². The fourth-order valence-electron chi connectivity index (χ4n) is 2.65. The maximum absolute atomic E-state index is 12.6. The molecule has 0 aliphatic heterocycles. The lowest BCUT2D eigenvalue weighted by Gasteiger charge is -2.14. The van der Waals surface area contributed by atoms with E-state index >= 15 is 0 Å². The van der Waals surface area contributed by atoms with Crippen LogP contribution in [0, 0.1) is 20.8 Å². The molecule has 0 saturated carbocycles. The van der Waals surface area contributed by atoms with Crippen molar-refractivity contribution in [2.45, 2.75) is 25.7 Å². The Morgan fingerprint density at radius 3 is 2.10 bits per heavy atom. The molecule has 2 aromatic rings. The second kappa shape index (κ2) is 5.42. The van der Waals surface area contributed by atoms with E-state index in [1.54, 1.807) is 57.2 Å². The molecule has 0 aliphatic rings. The van der Waals surface area contributed by atoms with Gasteiger partial charge in [-0.1, -0.05) is 36.4 Å². The predicted molar refractivity (Wildman–Crippen MR) is 80.3 cm³/mol. The summed E-state index contributed by atoms with van der Waals surface area (Å²) in [6.45, 7) is 4.89. The molecule has 2 rings (SSSR count). The Morgan fingerprint density at radius 1 is 1.00 bits per heavy atom. The fourth-order valence-corrected chi connectivity index (χ4v) is 3.60. The molecule has 1 N–H and O–H groups in total. The van der Waals surface area contributed by atoms with E-state index in [1.165, 1.54) is 0 Å². The third-order valence-electron chi connectivity index (χ3n) is 3.42. The summed E-state index contributed by atoms with van der Waals surface area (Å²) in [5, 5.41) is 0. The van der Waals surface area contributed by atoms with Crippen LogP contribution in [0.1, 0.15) is 32.6 Å². The highest BCUT2D eigenvalue weighted by Crippen LogP contribution is 2.28. The molecule has 0 aromatic heterocycles. The van der Waals surface area contributed by atoms with E-state index in [0.29, 0.717) is 22.3 Å². The molecule has 5 heteroatoms. The van der Waals surface area contributed by atoms with Crippen molar-refractivity contribution in [2.24, 2.45) is 0 Å². The van der Waals surface area contributed by atoms with Crippen LogP contribution in [0.15, 0.2) is 41.3 Å². The van der Waals surface area contributed by atoms with E-state index in [4.69, 9.17) is 0 Å². The molecule has 0 radical (unpaired) electrons. The van der Waals surface area contributed by atoms with Crippen LogP contribution < -0.4 is 0 Å². The van der Waals surface area contributed by atoms with Gasteiger partial charge in [0.05, 0.1) is 0 Å². The lowest BCUT2D eigenvalue weighted by atomic mass is 9.93. The van der Waals surface area contributed by atoms with Gasteiger partial charge in [0.1, 0.15) is 4.90 Å². The molecule has 21 heavy (non-hydrogen) atoms. The normalized spacial score (nSPS) is 11.4. The predicted octanol–water partition coefficient (Wildman–Crippen LogP) is 3.09. The fraction of sp³-hybridized carbons (Fsp3) is 0.188. The van der Waals surface area contributed by atoms with Crippen molar-refractivity contribution in [2.75, 3.05) is 0 Å². The highest BCUT2D eigenvalue weighted by molar-refractivity contribution is 7.86. The van der Waals surface area contributed by atoms with E-state index in [2.05, 4.69) is 0 Å². The number of carbonyl (C=O) groups is 1. The first-order chi connectivity index (χ1) is 9.73. The second-order valence-corrected chi connectivity index (χ2v) is 6.37. The summed E-state index contributed by atoms with van der Waals surface area (Å²) in [5.74, 6) is -0.254. The molecule has 2 aromatic carbocycles. The first kappa shape index (κ1) is 15.4. The minimum absolute atomic E-state index is 0.188. The largest absolute Gasteiger partial charge is 0.295 e. The van der Waals surface area contributed by atoms with E-state index in [0.717, 1.165) is 0 Å². The number of benzene rings is 2. The van der Waals surface area contributed by atoms with Crippen LogP contribution in [-0.4, -0.2) is 18.8 Å². The van der Waals surface area contributed by atoms with Crippen molar-refractivity contribution in [3.8, 4) is 0 Å². The van der Waals surface area contributed by atoms with Gasteiger partial charge in [-0.2, -0.15) is 8.42 Å². The van der Waals surface area contributed by atoms with Crippen molar-refractivity contribution in [1.29, 1.82) is 0 Å². The van der Waals surface area contributed by atoms with Crippen molar-refractivity contribution in [1.82, 2.24) is 0 Å². The van der Waals surface area contributed by atoms with Gasteiger partial charge in [-0.05, 0) is 37.5 Å². The van der Waals surface area contributed by atoms with Crippen molar-refractivity contribution in [3.05, 3.63) is 64.2 Å². The minimum atomic E-state index is -4.37. The smallest absolute Gasteiger partial charge is 0.289 e. The molecule has 0 fully saturated rings. The topological polar surface area (TPSA) is 71.4 Å². The number of rotatable bonds is 3. The summed E-state index contributed by atoms with van der Waals surface area (Å²) < 4.78 is 32.5. The van der Waals surface area contributed by atoms with Crippen molar-refractivity contribution >= 4 is 15.9 Å². The number of aryl methyl sites for hydroxylation is 2. The van der Waals surface area contributed by atoms with Gasteiger partial charge >= 0.3 is 0 Å². The molecule has 0 aliphatic carbocycles. The van der Waals surface area contributed by atoms with E-state index in [1.807, 2.05) is 0 Å². The van der Waals surface area contributed by atoms with Crippen LogP contribution >= 0.6 is 0 Å². The lowest BCUT2D eigenvalue weighted by Crippen LogP contribution is -2.12. The minimum Gasteiger partial charge on any atom is -0.289 e. The molecule has 4 nitrogen and oxygen atoms in total. The van der Waals surface area contributed by atoms with Gasteiger partial charge in [-0.15, -0.1) is 0 Å². The molecule has 0 bridgehead atoms. The Balaban J connectivity index is 2.74. The molecular weight excluding hydrogens is 288 g/mol. The maximum Gasteiger partial charge on any atom is 0.295 e. The average Bonchev–Trinajstić information content (AvgIpc) is 2.37. The van der Waals surface area contributed by atoms with Crippen LogP contribution in [-0.2, 0) is 10.1 Å². The molecule has 0 atom stereocenters. The van der Waals surface area contributed by atoms with Crippen LogP contribution in [0.25, 0.3) is 0 Å². The standard InChI is InChI=1S/C16H16O4S/c1-10-9-11(2)16(21(18,19)20)12(3)14(10)15(17)13-7-5-4-6-8-13/h4-9H,1-3H3,(H,18,19,20). The van der Waals surface area contributed by atoms with Gasteiger partial charge < -0.3 is 0 Å². The maximum atomic E-state index is 12.6. The zero-order chi connectivity index (χ0) is 15.8. The summed E-state index contributed by atoms with van der Waals surface area (Å²) in [7, 11) is -4.37. The summed E-state index contributed by atoms with van der Waals surface area (Å²) in [6.07, 6.45) is 0. The lowest BCUT2D eigenvalue weighted by molar-refractivity contribution is 0.103. The molecular formula is C16H16O4S. The summed E-state index contributed by atoms with van der Waals surface area (Å²) in [5.41, 5.74) is 2.19. The van der Waals surface area contributed by atoms with Gasteiger partial charge in [-0.25, -0.2) is 0 Å². The quantitative estimate of drug-likeness (QED) is 0.698. The first-order valence-corrected chi connectivity index (χ1v) is 7.85. The summed E-state index contributed by atoms with van der Waals surface area (Å²) in [6, 6.07) is 10.2. The third kappa shape index (κ3) is 2.89. The highest BCUT2D eigenvalue weighted by Gasteiger charge is 2.24. The highest BCUT2D eigenvalue weighted by atomic mass is 32.2. The summed E-state index contributed by atoms with van der Waals surface area (Å²) >= 11 is 0. The second-order valence-electron chi connectivity index (χ2n) is 5.01. The van der Waals surface area contributed by atoms with Crippen molar-refractivity contribution < 1.29 is 17.8 Å². The molecule has 0 spiro atoms. The van der Waals surface area contributed by atoms with Crippen LogP contribution in [0.4, 0.5) is 0 Å². The Labute approximate surface area is 124 Å². The first-order valence-electron chi connectivity index (χ1n) is 6.41. The van der Waals surface area contributed by atoms with Gasteiger partial charge in [-0.3, -0.25) is 9.35 Å². The number of hydrogen-bond donors (Lipinski definition) is 1. The van der Waals surface area contributed by atoms with Gasteiger partial charge in [0.25, 0.3) is 10.1 Å². The molecule has 0 amide bonds. The van der Waals surface area contributed by atoms with Gasteiger partial charge in [0.2, 0.25) is 0 Å². The van der Waals surface area contributed by atoms with Crippen LogP contribution in [0.5, 0.6) is 0 Å². The number of hydrogen-bond acceptors (Lipinski definition) is 3.